The number of hydrogen-bond donors (Lipinski definition) is 3. The number of thioether (sulfide) groups is 1. The van der Waals surface area contributed by atoms with Gasteiger partial charge in [-0.25, -0.2) is 0 Å². The predicted molar refractivity (Wildman–Crippen MR) is 81.9 cm³/mol. The molecule has 98 valence electrons. The van der Waals surface area contributed by atoms with Crippen LogP contribution in [0.5, 0.6) is 0 Å². The van der Waals surface area contributed by atoms with E-state index in [4.69, 9.17) is 5.73 Å². The number of carbonyl (C=O) groups is 1. The van der Waals surface area contributed by atoms with Crippen LogP contribution in [0.3, 0.4) is 0 Å². The molecule has 19 heavy (non-hydrogen) atoms. The highest BCUT2D eigenvalue weighted by atomic mass is 32.2. The van der Waals surface area contributed by atoms with Gasteiger partial charge in [-0.05, 0) is 29.6 Å². The van der Waals surface area contributed by atoms with Crippen molar-refractivity contribution < 1.29 is 4.79 Å². The van der Waals surface area contributed by atoms with E-state index in [0.29, 0.717) is 12.3 Å². The van der Waals surface area contributed by atoms with Crippen molar-refractivity contribution in [3.05, 3.63) is 34.5 Å². The molecule has 0 aliphatic carbocycles. The van der Waals surface area contributed by atoms with E-state index in [2.05, 4.69) is 10.6 Å². The summed E-state index contributed by atoms with van der Waals surface area (Å²) in [6, 6.07) is 7.92. The molecule has 1 aliphatic rings. The summed E-state index contributed by atoms with van der Waals surface area (Å²) in [5.41, 5.74) is 8.52. The third-order valence-electron chi connectivity index (χ3n) is 2.85. The molecule has 4 N–H and O–H groups in total. The number of amides is 1. The standard InChI is InChI=1S/C13H13N3OS2/c14-9-3-4-18-12(9)6-15-8-1-2-11-10(5-8)16-13(17)7-19-11/h1-5,15H,6-7,14H2,(H,16,17). The molecule has 0 fully saturated rings. The molecule has 0 atom stereocenters. The smallest absolute Gasteiger partial charge is 0.234 e. The molecule has 6 heteroatoms. The van der Waals surface area contributed by atoms with Crippen molar-refractivity contribution in [3.63, 3.8) is 0 Å². The number of thiophene rings is 1. The average Bonchev–Trinajstić information content (AvgIpc) is 2.81. The average molecular weight is 291 g/mol. The number of anilines is 3. The topological polar surface area (TPSA) is 67.2 Å². The molecule has 0 radical (unpaired) electrons. The van der Waals surface area contributed by atoms with Gasteiger partial charge in [0.05, 0.1) is 18.0 Å². The van der Waals surface area contributed by atoms with Crippen molar-refractivity contribution in [2.24, 2.45) is 0 Å². The fourth-order valence-corrected chi connectivity index (χ4v) is 3.40. The molecule has 0 saturated carbocycles. The molecule has 0 unspecified atom stereocenters. The molecule has 2 heterocycles. The number of nitrogen functional groups attached to an aromatic ring is 1. The second-order valence-electron chi connectivity index (χ2n) is 4.20. The lowest BCUT2D eigenvalue weighted by Gasteiger charge is -2.17. The third kappa shape index (κ3) is 2.69. The first kappa shape index (κ1) is 12.4. The first-order valence-electron chi connectivity index (χ1n) is 5.85. The van der Waals surface area contributed by atoms with Gasteiger partial charge in [0.25, 0.3) is 0 Å². The summed E-state index contributed by atoms with van der Waals surface area (Å²) in [6.45, 7) is 0.698. The summed E-state index contributed by atoms with van der Waals surface area (Å²) >= 11 is 3.20. The summed E-state index contributed by atoms with van der Waals surface area (Å²) in [5, 5.41) is 8.19. The normalized spacial score (nSPS) is 13.8. The Morgan fingerprint density at radius 3 is 3.05 bits per heavy atom. The second kappa shape index (κ2) is 5.14. The molecule has 2 aromatic rings. The minimum Gasteiger partial charge on any atom is -0.398 e. The van der Waals surface area contributed by atoms with E-state index in [-0.39, 0.29) is 5.91 Å². The van der Waals surface area contributed by atoms with E-state index in [1.807, 2.05) is 29.6 Å². The summed E-state index contributed by atoms with van der Waals surface area (Å²) < 4.78 is 0. The zero-order chi connectivity index (χ0) is 13.2. The number of hydrogen-bond acceptors (Lipinski definition) is 5. The third-order valence-corrected chi connectivity index (χ3v) is 4.86. The number of benzene rings is 1. The van der Waals surface area contributed by atoms with E-state index in [1.165, 1.54) is 0 Å². The molecule has 1 amide bonds. The quantitative estimate of drug-likeness (QED) is 0.813. The van der Waals surface area contributed by atoms with Crippen LogP contribution in [-0.4, -0.2) is 11.7 Å². The lowest BCUT2D eigenvalue weighted by molar-refractivity contribution is -0.113. The van der Waals surface area contributed by atoms with E-state index >= 15 is 0 Å². The number of carbonyl (C=O) groups excluding carboxylic acids is 1. The van der Waals surface area contributed by atoms with Gasteiger partial charge in [0.1, 0.15) is 0 Å². The van der Waals surface area contributed by atoms with Crippen LogP contribution < -0.4 is 16.4 Å². The van der Waals surface area contributed by atoms with Crippen molar-refractivity contribution in [1.82, 2.24) is 0 Å². The van der Waals surface area contributed by atoms with Crippen LogP contribution in [0.4, 0.5) is 17.1 Å². The lowest BCUT2D eigenvalue weighted by atomic mass is 10.2. The SMILES string of the molecule is Nc1ccsc1CNc1ccc2c(c1)NC(=O)CS2. The Bertz CT molecular complexity index is 624. The van der Waals surface area contributed by atoms with Gasteiger partial charge in [-0.15, -0.1) is 23.1 Å². The minimum atomic E-state index is 0.0529. The highest BCUT2D eigenvalue weighted by Gasteiger charge is 2.15. The monoisotopic (exact) mass is 291 g/mol. The highest BCUT2D eigenvalue weighted by Crippen LogP contribution is 2.33. The molecule has 0 saturated heterocycles. The van der Waals surface area contributed by atoms with Gasteiger partial charge in [-0.1, -0.05) is 0 Å². The Morgan fingerprint density at radius 2 is 2.26 bits per heavy atom. The number of fused-ring (bicyclic) bond motifs is 1. The van der Waals surface area contributed by atoms with Gasteiger partial charge in [-0.3, -0.25) is 4.79 Å². The van der Waals surface area contributed by atoms with Gasteiger partial charge < -0.3 is 16.4 Å². The Balaban J connectivity index is 1.74. The summed E-state index contributed by atoms with van der Waals surface area (Å²) in [7, 11) is 0. The maximum atomic E-state index is 11.4. The first-order valence-corrected chi connectivity index (χ1v) is 7.71. The van der Waals surface area contributed by atoms with Crippen molar-refractivity contribution in [2.75, 3.05) is 22.1 Å². The molecule has 3 rings (SSSR count). The van der Waals surface area contributed by atoms with Crippen LogP contribution in [0.15, 0.2) is 34.5 Å². The van der Waals surface area contributed by atoms with Gasteiger partial charge >= 0.3 is 0 Å². The Labute approximate surface area is 119 Å². The first-order chi connectivity index (χ1) is 9.22. The number of nitrogens with two attached hydrogens (primary N) is 1. The Hall–Kier alpha value is -1.66. The van der Waals surface area contributed by atoms with Crippen LogP contribution in [0.2, 0.25) is 0 Å². The summed E-state index contributed by atoms with van der Waals surface area (Å²) in [4.78, 5) is 13.6. The molecule has 0 bridgehead atoms. The zero-order valence-corrected chi connectivity index (χ0v) is 11.7. The molecule has 1 aromatic heterocycles. The van der Waals surface area contributed by atoms with Gasteiger partial charge in [0.2, 0.25) is 5.91 Å². The fourth-order valence-electron chi connectivity index (χ4n) is 1.87. The minimum absolute atomic E-state index is 0.0529. The van der Waals surface area contributed by atoms with Gasteiger partial charge in [0.15, 0.2) is 0 Å². The Kier molecular flexibility index (Phi) is 3.35. The summed E-state index contributed by atoms with van der Waals surface area (Å²) in [6.07, 6.45) is 0. The molecule has 1 aromatic carbocycles. The number of rotatable bonds is 3. The zero-order valence-electron chi connectivity index (χ0n) is 10.1. The van der Waals surface area contributed by atoms with E-state index in [9.17, 15) is 4.79 Å². The fraction of sp³-hybridized carbons (Fsp3) is 0.154. The molecular formula is C13H13N3OS2. The van der Waals surface area contributed by atoms with Crippen molar-refractivity contribution in [2.45, 2.75) is 11.4 Å². The second-order valence-corrected chi connectivity index (χ2v) is 6.22. The van der Waals surface area contributed by atoms with E-state index < -0.39 is 0 Å². The van der Waals surface area contributed by atoms with Gasteiger partial charge in [-0.2, -0.15) is 0 Å². The van der Waals surface area contributed by atoms with E-state index in [1.54, 1.807) is 23.1 Å². The van der Waals surface area contributed by atoms with Crippen LogP contribution >= 0.6 is 23.1 Å². The van der Waals surface area contributed by atoms with Crippen molar-refractivity contribution in [3.8, 4) is 0 Å². The molecule has 1 aliphatic heterocycles. The van der Waals surface area contributed by atoms with Gasteiger partial charge in [0, 0.05) is 21.1 Å². The van der Waals surface area contributed by atoms with Crippen LogP contribution in [0.25, 0.3) is 0 Å². The predicted octanol–water partition coefficient (Wildman–Crippen LogP) is 2.99. The van der Waals surface area contributed by atoms with Crippen LogP contribution in [-0.2, 0) is 11.3 Å². The maximum Gasteiger partial charge on any atom is 0.234 e. The lowest BCUT2D eigenvalue weighted by Crippen LogP contribution is -2.18. The highest BCUT2D eigenvalue weighted by molar-refractivity contribution is 8.00. The van der Waals surface area contributed by atoms with Crippen LogP contribution in [0, 0.1) is 0 Å². The number of nitrogens with one attached hydrogen (secondary N) is 2. The van der Waals surface area contributed by atoms with Crippen molar-refractivity contribution >= 4 is 46.1 Å². The van der Waals surface area contributed by atoms with Crippen molar-refractivity contribution in [1.29, 1.82) is 0 Å². The van der Waals surface area contributed by atoms with Crippen LogP contribution in [0.1, 0.15) is 4.88 Å². The largest absolute Gasteiger partial charge is 0.398 e. The molecule has 0 spiro atoms. The molecule has 4 nitrogen and oxygen atoms in total. The Morgan fingerprint density at radius 1 is 1.37 bits per heavy atom. The maximum absolute atomic E-state index is 11.4. The van der Waals surface area contributed by atoms with E-state index in [0.717, 1.165) is 26.8 Å². The summed E-state index contributed by atoms with van der Waals surface area (Å²) in [5.74, 6) is 0.544. The molecular weight excluding hydrogens is 278 g/mol.